The number of hydrogen-bond donors (Lipinski definition) is 3. The second-order valence-corrected chi connectivity index (χ2v) is 10.5. The number of fused-ring (bicyclic) bond motifs is 3. The lowest BCUT2D eigenvalue weighted by molar-refractivity contribution is -0.123. The summed E-state index contributed by atoms with van der Waals surface area (Å²) in [5.74, 6) is -1.50. The van der Waals surface area contributed by atoms with Gasteiger partial charge in [0, 0.05) is 29.8 Å². The molecule has 2 aromatic carbocycles. The van der Waals surface area contributed by atoms with Crippen LogP contribution < -0.4 is 10.1 Å². The van der Waals surface area contributed by atoms with Crippen LogP contribution >= 0.6 is 0 Å². The minimum absolute atomic E-state index is 0.0117. The summed E-state index contributed by atoms with van der Waals surface area (Å²) in [4.78, 5) is 39.5. The average Bonchev–Trinajstić information content (AvgIpc) is 3.55. The number of carbonyl (C=O) groups is 3. The summed E-state index contributed by atoms with van der Waals surface area (Å²) in [6.45, 7) is 6.41. The molecule has 1 aliphatic carbocycles. The third kappa shape index (κ3) is 4.29. The number of carbonyl (C=O) groups excluding carboxylic acids is 3. The van der Waals surface area contributed by atoms with E-state index in [2.05, 4.69) is 17.4 Å². The van der Waals surface area contributed by atoms with E-state index in [0.717, 1.165) is 12.2 Å². The van der Waals surface area contributed by atoms with E-state index in [4.69, 9.17) is 9.15 Å². The maximum atomic E-state index is 14.0. The van der Waals surface area contributed by atoms with Crippen molar-refractivity contribution in [2.24, 2.45) is 0 Å². The number of phenols is 2. The van der Waals surface area contributed by atoms with E-state index < -0.39 is 28.5 Å². The molecule has 0 saturated carbocycles. The molecule has 5 rings (SSSR count). The molecular weight excluding hydrogens is 510 g/mol. The van der Waals surface area contributed by atoms with Crippen molar-refractivity contribution in [2.75, 3.05) is 6.54 Å². The quantitative estimate of drug-likeness (QED) is 0.203. The molecule has 0 amide bonds. The highest BCUT2D eigenvalue weighted by molar-refractivity contribution is 6.31. The molecule has 8 heteroatoms. The van der Waals surface area contributed by atoms with E-state index in [1.165, 1.54) is 25.5 Å². The number of hydrogen-bond acceptors (Lipinski definition) is 8. The number of allylic oxidation sites excluding steroid dienone is 4. The van der Waals surface area contributed by atoms with Gasteiger partial charge in [-0.15, -0.1) is 0 Å². The van der Waals surface area contributed by atoms with Crippen molar-refractivity contribution in [1.82, 2.24) is 5.32 Å². The molecule has 0 fully saturated rings. The summed E-state index contributed by atoms with van der Waals surface area (Å²) >= 11 is 0. The predicted octanol–water partition coefficient (Wildman–Crippen LogP) is 5.17. The van der Waals surface area contributed by atoms with Crippen molar-refractivity contribution in [3.05, 3.63) is 99.8 Å². The summed E-state index contributed by atoms with van der Waals surface area (Å²) in [6, 6.07) is 13.9. The van der Waals surface area contributed by atoms with Crippen LogP contribution in [0.1, 0.15) is 65.9 Å². The van der Waals surface area contributed by atoms with Crippen molar-refractivity contribution in [1.29, 1.82) is 0 Å². The van der Waals surface area contributed by atoms with Crippen molar-refractivity contribution in [3.63, 3.8) is 0 Å². The molecular formula is C32H31NO7. The normalized spacial score (nSPS) is 19.9. The van der Waals surface area contributed by atoms with Crippen LogP contribution in [0.15, 0.2) is 76.3 Å². The smallest absolute Gasteiger partial charge is 0.194 e. The molecule has 0 bridgehead atoms. The molecule has 3 aromatic rings. The van der Waals surface area contributed by atoms with E-state index >= 15 is 0 Å². The highest BCUT2D eigenvalue weighted by Gasteiger charge is 2.56. The fourth-order valence-electron chi connectivity index (χ4n) is 5.65. The van der Waals surface area contributed by atoms with Gasteiger partial charge in [-0.1, -0.05) is 30.3 Å². The van der Waals surface area contributed by atoms with Gasteiger partial charge in [0.2, 0.25) is 0 Å². The summed E-state index contributed by atoms with van der Waals surface area (Å²) in [5.41, 5.74) is -0.0177. The number of phenolic OH excluding ortho intramolecular Hbond substituents is 2. The summed E-state index contributed by atoms with van der Waals surface area (Å²) in [7, 11) is 0. The van der Waals surface area contributed by atoms with E-state index in [-0.39, 0.29) is 45.4 Å². The van der Waals surface area contributed by atoms with Gasteiger partial charge in [0.1, 0.15) is 39.7 Å². The summed E-state index contributed by atoms with van der Waals surface area (Å²) in [6.07, 6.45) is 4.32. The second kappa shape index (κ2) is 10.2. The Morgan fingerprint density at radius 2 is 1.77 bits per heavy atom. The summed E-state index contributed by atoms with van der Waals surface area (Å²) in [5, 5.41) is 24.8. The van der Waals surface area contributed by atoms with Gasteiger partial charge in [0.05, 0.1) is 17.4 Å². The van der Waals surface area contributed by atoms with Gasteiger partial charge in [0.15, 0.2) is 17.3 Å². The number of aromatic hydroxyl groups is 2. The third-order valence-electron chi connectivity index (χ3n) is 7.91. The van der Waals surface area contributed by atoms with Crippen molar-refractivity contribution < 1.29 is 33.8 Å². The molecule has 1 aliphatic heterocycles. The highest BCUT2D eigenvalue weighted by Crippen LogP contribution is 2.57. The van der Waals surface area contributed by atoms with Gasteiger partial charge in [-0.05, 0) is 58.2 Å². The number of furan rings is 1. The van der Waals surface area contributed by atoms with Gasteiger partial charge in [-0.25, -0.2) is 0 Å². The zero-order chi connectivity index (χ0) is 28.8. The molecule has 2 heterocycles. The molecule has 2 atom stereocenters. The van der Waals surface area contributed by atoms with Crippen LogP contribution in [0, 0.1) is 6.92 Å². The number of benzene rings is 2. The molecule has 1 aromatic heterocycles. The Kier molecular flexibility index (Phi) is 6.87. The zero-order valence-corrected chi connectivity index (χ0v) is 22.8. The van der Waals surface area contributed by atoms with Crippen molar-refractivity contribution >= 4 is 17.3 Å². The van der Waals surface area contributed by atoms with E-state index in [9.17, 15) is 24.6 Å². The van der Waals surface area contributed by atoms with Gasteiger partial charge >= 0.3 is 0 Å². The van der Waals surface area contributed by atoms with E-state index in [0.29, 0.717) is 18.7 Å². The molecule has 40 heavy (non-hydrogen) atoms. The Balaban J connectivity index is 1.44. The molecule has 8 nitrogen and oxygen atoms in total. The number of rotatable bonds is 8. The minimum atomic E-state index is -1.54. The van der Waals surface area contributed by atoms with Gasteiger partial charge in [-0.2, -0.15) is 0 Å². The maximum Gasteiger partial charge on any atom is 0.194 e. The molecule has 3 N–H and O–H groups in total. The van der Waals surface area contributed by atoms with E-state index in [1.807, 2.05) is 30.3 Å². The lowest BCUT2D eigenvalue weighted by Crippen LogP contribution is -2.41. The number of ether oxygens (including phenoxy) is 1. The summed E-state index contributed by atoms with van der Waals surface area (Å²) < 4.78 is 11.5. The first-order valence-corrected chi connectivity index (χ1v) is 13.2. The molecule has 2 aliphatic rings. The topological polar surface area (TPSA) is 126 Å². The van der Waals surface area contributed by atoms with Crippen LogP contribution in [0.25, 0.3) is 0 Å². The van der Waals surface area contributed by atoms with Gasteiger partial charge < -0.3 is 24.7 Å². The fourth-order valence-corrected chi connectivity index (χ4v) is 5.65. The first-order chi connectivity index (χ1) is 19.1. The van der Waals surface area contributed by atoms with Crippen LogP contribution in [0.5, 0.6) is 17.2 Å². The van der Waals surface area contributed by atoms with Crippen molar-refractivity contribution in [3.8, 4) is 17.2 Å². The highest BCUT2D eigenvalue weighted by atomic mass is 16.5. The lowest BCUT2D eigenvalue weighted by atomic mass is 9.70. The predicted molar refractivity (Wildman–Crippen MR) is 148 cm³/mol. The molecule has 0 unspecified atom stereocenters. The molecule has 0 saturated heterocycles. The van der Waals surface area contributed by atoms with E-state index in [1.54, 1.807) is 20.1 Å². The minimum Gasteiger partial charge on any atom is -0.507 e. The first kappa shape index (κ1) is 27.0. The Labute approximate surface area is 232 Å². The maximum absolute atomic E-state index is 14.0. The largest absolute Gasteiger partial charge is 0.507 e. The van der Waals surface area contributed by atoms with Crippen LogP contribution in [0.2, 0.25) is 0 Å². The zero-order valence-electron chi connectivity index (χ0n) is 22.8. The van der Waals surface area contributed by atoms with Crippen LogP contribution in [0.3, 0.4) is 0 Å². The Morgan fingerprint density at radius 3 is 2.42 bits per heavy atom. The first-order valence-electron chi connectivity index (χ1n) is 13.2. The molecule has 206 valence electrons. The SMILES string of the molecule is CC(=O)c1c(O)c(C)c(O)c2c1OC1=CC(=O)/C(=C(/C)NCC[C@H](Cc3ccccc3)c3ccco3)C(=O)[C@@]12C. The standard InChI is InChI=1S/C32H31NO7/c1-17-28(36)26(19(3)34)30-27(29(17)37)32(4)24(40-30)16-22(35)25(31(32)38)18(2)33-13-12-21(23-11-8-14-39-23)15-20-9-6-5-7-10-20/h5-11,14,16,21,33,36-37H,12-13,15H2,1-4H3/b25-18+/t21-,32+/m1/s1. The second-order valence-electron chi connectivity index (χ2n) is 10.5. The molecule has 0 spiro atoms. The van der Waals surface area contributed by atoms with Gasteiger partial charge in [0.25, 0.3) is 0 Å². The number of nitrogens with one attached hydrogen (secondary N) is 1. The van der Waals surface area contributed by atoms with Gasteiger partial charge in [-0.3, -0.25) is 14.4 Å². The molecule has 0 radical (unpaired) electrons. The monoisotopic (exact) mass is 541 g/mol. The third-order valence-corrected chi connectivity index (χ3v) is 7.91. The Morgan fingerprint density at radius 1 is 1.05 bits per heavy atom. The lowest BCUT2D eigenvalue weighted by Gasteiger charge is -2.29. The Hall–Kier alpha value is -4.59. The van der Waals surface area contributed by atoms with Crippen LogP contribution in [-0.2, 0) is 21.4 Å². The number of Topliss-reactive ketones (excluding diaryl/α,β-unsaturated/α-hetero) is 2. The van der Waals surface area contributed by atoms with Crippen LogP contribution in [-0.4, -0.2) is 34.1 Å². The Bertz CT molecular complexity index is 1580. The number of ketones is 3. The fraction of sp³-hybridized carbons (Fsp3) is 0.281. The van der Waals surface area contributed by atoms with Crippen LogP contribution in [0.4, 0.5) is 0 Å². The van der Waals surface area contributed by atoms with Crippen molar-refractivity contribution in [2.45, 2.75) is 51.9 Å². The average molecular weight is 542 g/mol.